The zero-order chi connectivity index (χ0) is 8.04. The summed E-state index contributed by atoms with van der Waals surface area (Å²) >= 11 is 0. The average molecular weight is 146 g/mol. The Balaban J connectivity index is 4.00. The van der Waals surface area contributed by atoms with Crippen molar-refractivity contribution >= 4 is 0 Å². The summed E-state index contributed by atoms with van der Waals surface area (Å²) < 4.78 is 4.91. The number of methoxy groups -OCH3 is 1. The van der Waals surface area contributed by atoms with Gasteiger partial charge in [-0.2, -0.15) is 0 Å². The van der Waals surface area contributed by atoms with Crippen molar-refractivity contribution in [3.63, 3.8) is 0 Å². The van der Waals surface area contributed by atoms with E-state index in [-0.39, 0.29) is 13.2 Å². The standard InChI is InChI=1S/C7H14O3/c1-3-4-7(5-8,6-9)10-2/h3,8-9H,1,4-6H2,2H3. The minimum absolute atomic E-state index is 0.188. The average Bonchev–Trinajstić information content (AvgIpc) is 2.01. The van der Waals surface area contributed by atoms with Crippen LogP contribution in [0.2, 0.25) is 0 Å². The fourth-order valence-electron chi connectivity index (χ4n) is 0.655. The van der Waals surface area contributed by atoms with Crippen LogP contribution in [-0.4, -0.2) is 36.1 Å². The number of aliphatic hydroxyl groups excluding tert-OH is 2. The van der Waals surface area contributed by atoms with Gasteiger partial charge >= 0.3 is 0 Å². The SMILES string of the molecule is C=CCC(CO)(CO)OC. The van der Waals surface area contributed by atoms with Crippen molar-refractivity contribution in [2.75, 3.05) is 20.3 Å². The molecule has 0 aromatic carbocycles. The summed E-state index contributed by atoms with van der Waals surface area (Å²) in [7, 11) is 1.45. The molecule has 0 aliphatic rings. The zero-order valence-corrected chi connectivity index (χ0v) is 6.21. The van der Waals surface area contributed by atoms with E-state index in [0.29, 0.717) is 6.42 Å². The van der Waals surface area contributed by atoms with Crippen LogP contribution in [0.5, 0.6) is 0 Å². The molecule has 0 aliphatic heterocycles. The second-order valence-corrected chi connectivity index (χ2v) is 2.20. The molecule has 0 radical (unpaired) electrons. The summed E-state index contributed by atoms with van der Waals surface area (Å²) in [5.41, 5.74) is -0.832. The lowest BCUT2D eigenvalue weighted by Crippen LogP contribution is -2.39. The van der Waals surface area contributed by atoms with Gasteiger partial charge in [0, 0.05) is 7.11 Å². The molecule has 3 heteroatoms. The lowest BCUT2D eigenvalue weighted by atomic mass is 10.0. The second-order valence-electron chi connectivity index (χ2n) is 2.20. The zero-order valence-electron chi connectivity index (χ0n) is 6.21. The first kappa shape index (κ1) is 9.62. The Bertz CT molecular complexity index is 88.8. The van der Waals surface area contributed by atoms with Crippen molar-refractivity contribution in [2.24, 2.45) is 0 Å². The van der Waals surface area contributed by atoms with Crippen LogP contribution in [0, 0.1) is 0 Å². The van der Waals surface area contributed by atoms with E-state index in [4.69, 9.17) is 14.9 Å². The number of rotatable bonds is 5. The predicted molar refractivity (Wildman–Crippen MR) is 38.7 cm³/mol. The minimum atomic E-state index is -0.832. The summed E-state index contributed by atoms with van der Waals surface area (Å²) in [6.45, 7) is 3.11. The molecule has 0 unspecified atom stereocenters. The maximum atomic E-state index is 8.77. The van der Waals surface area contributed by atoms with E-state index in [1.54, 1.807) is 6.08 Å². The van der Waals surface area contributed by atoms with Gasteiger partial charge in [0.05, 0.1) is 13.2 Å². The first-order valence-electron chi connectivity index (χ1n) is 3.12. The van der Waals surface area contributed by atoms with Gasteiger partial charge in [-0.3, -0.25) is 0 Å². The molecule has 3 nitrogen and oxygen atoms in total. The Kier molecular flexibility index (Phi) is 4.27. The van der Waals surface area contributed by atoms with Crippen molar-refractivity contribution in [3.8, 4) is 0 Å². The van der Waals surface area contributed by atoms with Gasteiger partial charge in [-0.15, -0.1) is 6.58 Å². The fraction of sp³-hybridized carbons (Fsp3) is 0.714. The largest absolute Gasteiger partial charge is 0.393 e. The minimum Gasteiger partial charge on any atom is -0.393 e. The molecule has 0 amide bonds. The van der Waals surface area contributed by atoms with Gasteiger partial charge in [-0.05, 0) is 6.42 Å². The van der Waals surface area contributed by atoms with Crippen LogP contribution < -0.4 is 0 Å². The highest BCUT2D eigenvalue weighted by Gasteiger charge is 2.25. The lowest BCUT2D eigenvalue weighted by Gasteiger charge is -2.26. The van der Waals surface area contributed by atoms with Gasteiger partial charge < -0.3 is 14.9 Å². The maximum absolute atomic E-state index is 8.77. The summed E-state index contributed by atoms with van der Waals surface area (Å²) in [6.07, 6.45) is 2.06. The Morgan fingerprint density at radius 1 is 1.50 bits per heavy atom. The van der Waals surface area contributed by atoms with Gasteiger partial charge in [0.1, 0.15) is 5.60 Å². The van der Waals surface area contributed by atoms with E-state index in [1.807, 2.05) is 0 Å². The Hall–Kier alpha value is -0.380. The van der Waals surface area contributed by atoms with Crippen molar-refractivity contribution in [2.45, 2.75) is 12.0 Å². The summed E-state index contributed by atoms with van der Waals surface area (Å²) in [4.78, 5) is 0. The topological polar surface area (TPSA) is 49.7 Å². The molecule has 0 bridgehead atoms. The molecule has 0 saturated heterocycles. The van der Waals surface area contributed by atoms with Crippen molar-refractivity contribution in [3.05, 3.63) is 12.7 Å². The molecule has 60 valence electrons. The second kappa shape index (κ2) is 4.44. The third kappa shape index (κ3) is 2.10. The molecule has 0 saturated carbocycles. The molecule has 0 fully saturated rings. The van der Waals surface area contributed by atoms with Crippen LogP contribution in [0.1, 0.15) is 6.42 Å². The highest BCUT2D eigenvalue weighted by Crippen LogP contribution is 2.13. The van der Waals surface area contributed by atoms with E-state index < -0.39 is 5.60 Å². The van der Waals surface area contributed by atoms with Crippen LogP contribution in [0.4, 0.5) is 0 Å². The van der Waals surface area contributed by atoms with E-state index in [2.05, 4.69) is 6.58 Å². The molecule has 0 atom stereocenters. The molecule has 0 spiro atoms. The van der Waals surface area contributed by atoms with Crippen molar-refractivity contribution < 1.29 is 14.9 Å². The van der Waals surface area contributed by atoms with Gasteiger partial charge in [0.15, 0.2) is 0 Å². The van der Waals surface area contributed by atoms with Crippen LogP contribution in [0.15, 0.2) is 12.7 Å². The van der Waals surface area contributed by atoms with Gasteiger partial charge in [-0.1, -0.05) is 6.08 Å². The fourth-order valence-corrected chi connectivity index (χ4v) is 0.655. The quantitative estimate of drug-likeness (QED) is 0.534. The number of hydrogen-bond donors (Lipinski definition) is 2. The molecule has 0 rings (SSSR count). The molecule has 10 heavy (non-hydrogen) atoms. The maximum Gasteiger partial charge on any atom is 0.117 e. The van der Waals surface area contributed by atoms with Gasteiger partial charge in [0.2, 0.25) is 0 Å². The molecule has 0 aromatic rings. The predicted octanol–water partition coefficient (Wildman–Crippen LogP) is -0.0677. The normalized spacial score (nSPS) is 11.5. The van der Waals surface area contributed by atoms with Crippen LogP contribution >= 0.6 is 0 Å². The highest BCUT2D eigenvalue weighted by atomic mass is 16.5. The number of hydrogen-bond acceptors (Lipinski definition) is 3. The third-order valence-corrected chi connectivity index (χ3v) is 1.53. The number of ether oxygens (including phenoxy) is 1. The van der Waals surface area contributed by atoms with Crippen LogP contribution in [-0.2, 0) is 4.74 Å². The van der Waals surface area contributed by atoms with Crippen molar-refractivity contribution in [1.29, 1.82) is 0 Å². The molecule has 0 aromatic heterocycles. The smallest absolute Gasteiger partial charge is 0.117 e. The number of aliphatic hydroxyl groups is 2. The first-order valence-corrected chi connectivity index (χ1v) is 3.12. The molecule has 2 N–H and O–H groups in total. The molecule has 0 aliphatic carbocycles. The first-order chi connectivity index (χ1) is 4.74. The highest BCUT2D eigenvalue weighted by molar-refractivity contribution is 4.86. The molecule has 0 heterocycles. The van der Waals surface area contributed by atoms with E-state index in [1.165, 1.54) is 7.11 Å². The summed E-state index contributed by atoms with van der Waals surface area (Å²) in [5, 5.41) is 17.5. The van der Waals surface area contributed by atoms with Gasteiger partial charge in [0.25, 0.3) is 0 Å². The van der Waals surface area contributed by atoms with Crippen LogP contribution in [0.25, 0.3) is 0 Å². The molecular formula is C7H14O3. The van der Waals surface area contributed by atoms with E-state index in [9.17, 15) is 0 Å². The van der Waals surface area contributed by atoms with Crippen LogP contribution in [0.3, 0.4) is 0 Å². The Labute approximate surface area is 60.9 Å². The summed E-state index contributed by atoms with van der Waals surface area (Å²) in [5.74, 6) is 0. The Morgan fingerprint density at radius 2 is 2.00 bits per heavy atom. The third-order valence-electron chi connectivity index (χ3n) is 1.53. The lowest BCUT2D eigenvalue weighted by molar-refractivity contribution is -0.0825. The van der Waals surface area contributed by atoms with Crippen molar-refractivity contribution in [1.82, 2.24) is 0 Å². The monoisotopic (exact) mass is 146 g/mol. The molecular weight excluding hydrogens is 132 g/mol. The van der Waals surface area contributed by atoms with E-state index >= 15 is 0 Å². The van der Waals surface area contributed by atoms with E-state index in [0.717, 1.165) is 0 Å². The summed E-state index contributed by atoms with van der Waals surface area (Å²) in [6, 6.07) is 0. The van der Waals surface area contributed by atoms with Gasteiger partial charge in [-0.25, -0.2) is 0 Å². The Morgan fingerprint density at radius 3 is 2.10 bits per heavy atom.